The maximum absolute atomic E-state index is 12.5. The number of urea groups is 1. The highest BCUT2D eigenvalue weighted by molar-refractivity contribution is 6.06. The zero-order chi connectivity index (χ0) is 17.3. The lowest BCUT2D eigenvalue weighted by Crippen LogP contribution is -2.45. The van der Waals surface area contributed by atoms with Gasteiger partial charge in [-0.05, 0) is 44.9 Å². The number of carbonyl (C=O) groups excluding carboxylic acids is 3. The molecule has 2 heterocycles. The number of rotatable bonds is 4. The molecule has 2 saturated heterocycles. The number of hydrogen-bond donors (Lipinski definition) is 1. The predicted molar refractivity (Wildman–Crippen MR) is 90.2 cm³/mol. The van der Waals surface area contributed by atoms with Gasteiger partial charge in [-0.2, -0.15) is 0 Å². The molecule has 0 bridgehead atoms. The van der Waals surface area contributed by atoms with Crippen molar-refractivity contribution in [2.75, 3.05) is 19.6 Å². The number of hydrogen-bond acceptors (Lipinski definition) is 3. The lowest BCUT2D eigenvalue weighted by atomic mass is 9.75. The Morgan fingerprint density at radius 2 is 1.88 bits per heavy atom. The second kappa shape index (κ2) is 6.73. The summed E-state index contributed by atoms with van der Waals surface area (Å²) in [6.45, 7) is 5.50. The van der Waals surface area contributed by atoms with E-state index < -0.39 is 5.54 Å². The van der Waals surface area contributed by atoms with Gasteiger partial charge in [0.1, 0.15) is 5.54 Å². The maximum atomic E-state index is 12.5. The Hall–Kier alpha value is -1.59. The first-order valence-electron chi connectivity index (χ1n) is 9.30. The van der Waals surface area contributed by atoms with Crippen LogP contribution in [-0.4, -0.2) is 52.8 Å². The number of likely N-dealkylation sites (tertiary alicyclic amines) is 1. The summed E-state index contributed by atoms with van der Waals surface area (Å²) in [5.41, 5.74) is -0.829. The van der Waals surface area contributed by atoms with Gasteiger partial charge in [-0.3, -0.25) is 14.5 Å². The van der Waals surface area contributed by atoms with Crippen molar-refractivity contribution in [3.8, 4) is 0 Å². The Morgan fingerprint density at radius 3 is 2.54 bits per heavy atom. The predicted octanol–water partition coefficient (Wildman–Crippen LogP) is 2.14. The lowest BCUT2D eigenvalue weighted by molar-refractivity contribution is -0.135. The Kier molecular flexibility index (Phi) is 4.83. The SMILES string of the molecule is CC1(C)NC(=O)N(CCCC(=O)N2CC[C@H]3CCCC[C@@H]3C2)C1=O. The van der Waals surface area contributed by atoms with Crippen LogP contribution in [-0.2, 0) is 9.59 Å². The largest absolute Gasteiger partial charge is 0.342 e. The van der Waals surface area contributed by atoms with Crippen LogP contribution in [0.3, 0.4) is 0 Å². The third-order valence-corrected chi connectivity index (χ3v) is 5.86. The summed E-state index contributed by atoms with van der Waals surface area (Å²) in [6, 6.07) is -0.347. The van der Waals surface area contributed by atoms with Crippen LogP contribution >= 0.6 is 0 Å². The molecule has 4 amide bonds. The molecule has 3 rings (SSSR count). The third-order valence-electron chi connectivity index (χ3n) is 5.86. The number of amides is 4. The van der Waals surface area contributed by atoms with E-state index in [9.17, 15) is 14.4 Å². The molecule has 3 aliphatic rings. The molecule has 0 unspecified atom stereocenters. The molecule has 0 aromatic heterocycles. The normalized spacial score (nSPS) is 29.4. The fraction of sp³-hybridized carbons (Fsp3) is 0.833. The van der Waals surface area contributed by atoms with Crippen LogP contribution in [0, 0.1) is 11.8 Å². The summed E-state index contributed by atoms with van der Waals surface area (Å²) in [5.74, 6) is 1.47. The van der Waals surface area contributed by atoms with Crippen molar-refractivity contribution in [3.63, 3.8) is 0 Å². The van der Waals surface area contributed by atoms with Crippen LogP contribution in [0.1, 0.15) is 58.8 Å². The van der Waals surface area contributed by atoms with Crippen LogP contribution in [0.4, 0.5) is 4.79 Å². The van der Waals surface area contributed by atoms with Crippen molar-refractivity contribution in [2.45, 2.75) is 64.3 Å². The first-order chi connectivity index (χ1) is 11.4. The minimum atomic E-state index is -0.829. The number of carbonyl (C=O) groups is 3. The van der Waals surface area contributed by atoms with Crippen LogP contribution in [0.25, 0.3) is 0 Å². The van der Waals surface area contributed by atoms with E-state index in [-0.39, 0.29) is 17.8 Å². The number of fused-ring (bicyclic) bond motifs is 1. The highest BCUT2D eigenvalue weighted by Crippen LogP contribution is 2.36. The van der Waals surface area contributed by atoms with Crippen molar-refractivity contribution in [1.82, 2.24) is 15.1 Å². The van der Waals surface area contributed by atoms with E-state index in [1.165, 1.54) is 30.6 Å². The summed E-state index contributed by atoms with van der Waals surface area (Å²) in [7, 11) is 0. The van der Waals surface area contributed by atoms with Gasteiger partial charge in [-0.25, -0.2) is 4.79 Å². The summed E-state index contributed by atoms with van der Waals surface area (Å²) < 4.78 is 0. The number of nitrogens with one attached hydrogen (secondary N) is 1. The first-order valence-corrected chi connectivity index (χ1v) is 9.30. The van der Waals surface area contributed by atoms with E-state index >= 15 is 0 Å². The molecular formula is C18H29N3O3. The number of piperidine rings is 1. The Morgan fingerprint density at radius 1 is 1.17 bits per heavy atom. The van der Waals surface area contributed by atoms with Crippen LogP contribution < -0.4 is 5.32 Å². The number of imide groups is 1. The van der Waals surface area contributed by atoms with Crippen LogP contribution in [0.15, 0.2) is 0 Å². The number of nitrogens with zero attached hydrogens (tertiary/aromatic N) is 2. The minimum absolute atomic E-state index is 0.172. The molecule has 0 aromatic carbocycles. The van der Waals surface area contributed by atoms with Gasteiger partial charge in [-0.1, -0.05) is 19.3 Å². The van der Waals surface area contributed by atoms with E-state index in [0.717, 1.165) is 25.4 Å². The average Bonchev–Trinajstić information content (AvgIpc) is 2.75. The van der Waals surface area contributed by atoms with Crippen LogP contribution in [0.5, 0.6) is 0 Å². The topological polar surface area (TPSA) is 69.7 Å². The molecule has 134 valence electrons. The van der Waals surface area contributed by atoms with E-state index in [1.54, 1.807) is 13.8 Å². The van der Waals surface area contributed by atoms with Crippen molar-refractivity contribution in [3.05, 3.63) is 0 Å². The lowest BCUT2D eigenvalue weighted by Gasteiger charge is -2.41. The molecule has 0 spiro atoms. The third kappa shape index (κ3) is 3.42. The smallest absolute Gasteiger partial charge is 0.325 e. The van der Waals surface area contributed by atoms with Gasteiger partial charge in [0.25, 0.3) is 5.91 Å². The zero-order valence-electron chi connectivity index (χ0n) is 14.8. The molecule has 1 aliphatic carbocycles. The summed E-state index contributed by atoms with van der Waals surface area (Å²) in [4.78, 5) is 39.7. The zero-order valence-corrected chi connectivity index (χ0v) is 14.8. The molecule has 1 saturated carbocycles. The molecular weight excluding hydrogens is 306 g/mol. The average molecular weight is 335 g/mol. The van der Waals surface area contributed by atoms with Crippen molar-refractivity contribution in [2.24, 2.45) is 11.8 Å². The quantitative estimate of drug-likeness (QED) is 0.800. The van der Waals surface area contributed by atoms with E-state index in [1.807, 2.05) is 4.90 Å². The Bertz CT molecular complexity index is 532. The van der Waals surface area contributed by atoms with Crippen molar-refractivity contribution >= 4 is 17.8 Å². The van der Waals surface area contributed by atoms with Gasteiger partial charge >= 0.3 is 6.03 Å². The molecule has 2 aliphatic heterocycles. The molecule has 2 atom stereocenters. The minimum Gasteiger partial charge on any atom is -0.342 e. The van der Waals surface area contributed by atoms with Gasteiger partial charge in [0.05, 0.1) is 0 Å². The van der Waals surface area contributed by atoms with Crippen LogP contribution in [0.2, 0.25) is 0 Å². The monoisotopic (exact) mass is 335 g/mol. The van der Waals surface area contributed by atoms with Crippen molar-refractivity contribution in [1.29, 1.82) is 0 Å². The van der Waals surface area contributed by atoms with Gasteiger partial charge in [0, 0.05) is 26.1 Å². The highest BCUT2D eigenvalue weighted by Gasteiger charge is 2.43. The fourth-order valence-corrected chi connectivity index (χ4v) is 4.39. The summed E-state index contributed by atoms with van der Waals surface area (Å²) in [6.07, 6.45) is 7.31. The first kappa shape index (κ1) is 17.2. The second-order valence-corrected chi connectivity index (χ2v) is 8.05. The van der Waals surface area contributed by atoms with Gasteiger partial charge in [0.15, 0.2) is 0 Å². The van der Waals surface area contributed by atoms with E-state index in [4.69, 9.17) is 0 Å². The van der Waals surface area contributed by atoms with Gasteiger partial charge in [0.2, 0.25) is 5.91 Å². The standard InChI is InChI=1S/C18H29N3O3/c1-18(2)16(23)21(17(24)19-18)10-5-8-15(22)20-11-9-13-6-3-4-7-14(13)12-20/h13-14H,3-12H2,1-2H3,(H,19,24)/t13-,14-/m1/s1. The molecule has 0 radical (unpaired) electrons. The molecule has 24 heavy (non-hydrogen) atoms. The molecule has 3 fully saturated rings. The van der Waals surface area contributed by atoms with E-state index in [2.05, 4.69) is 5.32 Å². The van der Waals surface area contributed by atoms with Gasteiger partial charge < -0.3 is 10.2 Å². The van der Waals surface area contributed by atoms with E-state index in [0.29, 0.717) is 25.3 Å². The van der Waals surface area contributed by atoms with Gasteiger partial charge in [-0.15, -0.1) is 0 Å². The molecule has 0 aromatic rings. The highest BCUT2D eigenvalue weighted by atomic mass is 16.2. The van der Waals surface area contributed by atoms with Crippen molar-refractivity contribution < 1.29 is 14.4 Å². The second-order valence-electron chi connectivity index (χ2n) is 8.05. The molecule has 1 N–H and O–H groups in total. The summed E-state index contributed by atoms with van der Waals surface area (Å²) in [5, 5.41) is 2.67. The fourth-order valence-electron chi connectivity index (χ4n) is 4.39. The molecule has 6 nitrogen and oxygen atoms in total. The Labute approximate surface area is 143 Å². The molecule has 6 heteroatoms. The summed E-state index contributed by atoms with van der Waals surface area (Å²) >= 11 is 0. The Balaban J connectivity index is 1.44. The maximum Gasteiger partial charge on any atom is 0.325 e.